The van der Waals surface area contributed by atoms with E-state index < -0.39 is 0 Å². The third kappa shape index (κ3) is 3.11. The molecule has 0 unspecified atom stereocenters. The minimum atomic E-state index is -0.0219. The van der Waals surface area contributed by atoms with Gasteiger partial charge in [-0.1, -0.05) is 30.3 Å². The molecule has 5 heteroatoms. The van der Waals surface area contributed by atoms with E-state index in [2.05, 4.69) is 18.2 Å². The summed E-state index contributed by atoms with van der Waals surface area (Å²) in [6.07, 6.45) is 2.10. The second-order valence-corrected chi connectivity index (χ2v) is 7.93. The fourth-order valence-electron chi connectivity index (χ4n) is 4.65. The van der Waals surface area contributed by atoms with Crippen LogP contribution in [0, 0.1) is 0 Å². The number of amides is 2. The van der Waals surface area contributed by atoms with Crippen molar-refractivity contribution in [2.45, 2.75) is 12.8 Å². The molecule has 0 bridgehead atoms. The van der Waals surface area contributed by atoms with E-state index in [0.717, 1.165) is 23.8 Å². The topological polar surface area (TPSA) is 49.9 Å². The Morgan fingerprint density at radius 3 is 2.20 bits per heavy atom. The lowest BCUT2D eigenvalue weighted by molar-refractivity contribution is 0.0536. The van der Waals surface area contributed by atoms with Crippen molar-refractivity contribution in [3.8, 4) is 5.75 Å². The molecule has 1 fully saturated rings. The predicted octanol–water partition coefficient (Wildman–Crippen LogP) is 3.55. The van der Waals surface area contributed by atoms with Crippen molar-refractivity contribution in [3.63, 3.8) is 0 Å². The summed E-state index contributed by atoms with van der Waals surface area (Å²) in [5, 5.41) is 2.32. The number of nitrogens with zero attached hydrogens (tertiary/aromatic N) is 2. The first kappa shape index (κ1) is 18.7. The maximum absolute atomic E-state index is 13.3. The molecule has 2 amide bonds. The van der Waals surface area contributed by atoms with E-state index in [1.54, 1.807) is 19.2 Å². The number of carbonyl (C=O) groups is 2. The molecule has 2 aliphatic rings. The van der Waals surface area contributed by atoms with E-state index in [1.165, 1.54) is 16.5 Å². The monoisotopic (exact) mass is 400 g/mol. The van der Waals surface area contributed by atoms with Gasteiger partial charge in [0.05, 0.1) is 7.11 Å². The van der Waals surface area contributed by atoms with Crippen LogP contribution in [0.2, 0.25) is 0 Å². The summed E-state index contributed by atoms with van der Waals surface area (Å²) in [5.74, 6) is 0.701. The van der Waals surface area contributed by atoms with E-state index in [0.29, 0.717) is 37.5 Å². The molecule has 152 valence electrons. The highest BCUT2D eigenvalue weighted by atomic mass is 16.5. The first-order valence-corrected chi connectivity index (χ1v) is 10.4. The van der Waals surface area contributed by atoms with Crippen LogP contribution in [-0.4, -0.2) is 54.9 Å². The number of carbonyl (C=O) groups excluding carboxylic acids is 2. The molecule has 3 aromatic rings. The van der Waals surface area contributed by atoms with Crippen LogP contribution in [0.15, 0.2) is 54.6 Å². The highest BCUT2D eigenvalue weighted by molar-refractivity contribution is 6.09. The van der Waals surface area contributed by atoms with E-state index in [-0.39, 0.29) is 11.8 Å². The van der Waals surface area contributed by atoms with Gasteiger partial charge in [0.15, 0.2) is 0 Å². The lowest BCUT2D eigenvalue weighted by Crippen LogP contribution is -2.50. The van der Waals surface area contributed by atoms with Crippen molar-refractivity contribution in [1.82, 2.24) is 9.80 Å². The van der Waals surface area contributed by atoms with Crippen LogP contribution in [-0.2, 0) is 12.8 Å². The molecule has 1 aliphatic carbocycles. The van der Waals surface area contributed by atoms with Gasteiger partial charge in [0.2, 0.25) is 0 Å². The summed E-state index contributed by atoms with van der Waals surface area (Å²) in [6.45, 7) is 2.14. The predicted molar refractivity (Wildman–Crippen MR) is 116 cm³/mol. The Balaban J connectivity index is 1.32. The summed E-state index contributed by atoms with van der Waals surface area (Å²) in [5.41, 5.74) is 4.06. The van der Waals surface area contributed by atoms with E-state index in [4.69, 9.17) is 4.74 Å². The molecule has 1 saturated heterocycles. The number of piperazine rings is 1. The second-order valence-electron chi connectivity index (χ2n) is 7.93. The van der Waals surface area contributed by atoms with Crippen LogP contribution in [0.3, 0.4) is 0 Å². The van der Waals surface area contributed by atoms with Crippen molar-refractivity contribution in [2.75, 3.05) is 33.3 Å². The van der Waals surface area contributed by atoms with Gasteiger partial charge in [-0.2, -0.15) is 0 Å². The molecule has 1 heterocycles. The molecule has 0 aromatic heterocycles. The summed E-state index contributed by atoms with van der Waals surface area (Å²) >= 11 is 0. The molecular weight excluding hydrogens is 376 g/mol. The Labute approximate surface area is 175 Å². The highest BCUT2D eigenvalue weighted by Crippen LogP contribution is 2.33. The zero-order valence-corrected chi connectivity index (χ0v) is 17.1. The Bertz CT molecular complexity index is 1140. The van der Waals surface area contributed by atoms with Crippen molar-refractivity contribution >= 4 is 22.6 Å². The summed E-state index contributed by atoms with van der Waals surface area (Å²) in [6, 6.07) is 17.6. The fraction of sp³-hybridized carbons (Fsp3) is 0.280. The highest BCUT2D eigenvalue weighted by Gasteiger charge is 2.27. The molecule has 1 aliphatic heterocycles. The maximum Gasteiger partial charge on any atom is 0.254 e. The van der Waals surface area contributed by atoms with Crippen LogP contribution >= 0.6 is 0 Å². The van der Waals surface area contributed by atoms with Crippen LogP contribution in [0.1, 0.15) is 31.8 Å². The fourth-order valence-corrected chi connectivity index (χ4v) is 4.65. The third-order valence-electron chi connectivity index (χ3n) is 6.28. The number of benzene rings is 3. The smallest absolute Gasteiger partial charge is 0.254 e. The van der Waals surface area contributed by atoms with Crippen molar-refractivity contribution in [3.05, 3.63) is 76.9 Å². The standard InChI is InChI=1S/C25H24N2O3/c1-30-20-6-2-5-19(16-20)24(28)26-12-14-27(15-13-26)25(29)22-11-10-18-9-8-17-4-3-7-21(22)23(17)18/h2-7,10-11,16H,8-9,12-15H2,1H3. The first-order valence-electron chi connectivity index (χ1n) is 10.4. The van der Waals surface area contributed by atoms with Crippen molar-refractivity contribution in [2.24, 2.45) is 0 Å². The van der Waals surface area contributed by atoms with Crippen LogP contribution in [0.4, 0.5) is 0 Å². The van der Waals surface area contributed by atoms with Gasteiger partial charge in [-0.05, 0) is 59.0 Å². The normalized spacial score (nSPS) is 15.5. The zero-order valence-electron chi connectivity index (χ0n) is 17.1. The molecule has 5 nitrogen and oxygen atoms in total. The average molecular weight is 400 g/mol. The van der Waals surface area contributed by atoms with Crippen LogP contribution in [0.25, 0.3) is 10.8 Å². The zero-order chi connectivity index (χ0) is 20.7. The lowest BCUT2D eigenvalue weighted by atomic mass is 9.99. The molecular formula is C25H24N2O3. The molecule has 0 N–H and O–H groups in total. The minimum Gasteiger partial charge on any atom is -0.497 e. The molecule has 5 rings (SSSR count). The van der Waals surface area contributed by atoms with Crippen molar-refractivity contribution in [1.29, 1.82) is 0 Å². The Hall–Kier alpha value is -3.34. The Morgan fingerprint density at radius 2 is 1.47 bits per heavy atom. The number of methoxy groups -OCH3 is 1. The number of aryl methyl sites for hydroxylation is 2. The summed E-state index contributed by atoms with van der Waals surface area (Å²) in [4.78, 5) is 29.8. The molecule has 0 radical (unpaired) electrons. The van der Waals surface area contributed by atoms with Gasteiger partial charge in [-0.15, -0.1) is 0 Å². The van der Waals surface area contributed by atoms with Crippen LogP contribution < -0.4 is 4.74 Å². The van der Waals surface area contributed by atoms with Gasteiger partial charge >= 0.3 is 0 Å². The lowest BCUT2D eigenvalue weighted by Gasteiger charge is -2.35. The minimum absolute atomic E-state index is 0.0219. The number of hydrogen-bond acceptors (Lipinski definition) is 3. The first-order chi connectivity index (χ1) is 14.7. The molecule has 3 aromatic carbocycles. The largest absolute Gasteiger partial charge is 0.497 e. The van der Waals surface area contributed by atoms with E-state index in [9.17, 15) is 9.59 Å². The molecule has 30 heavy (non-hydrogen) atoms. The van der Waals surface area contributed by atoms with Gasteiger partial charge in [0, 0.05) is 37.3 Å². The van der Waals surface area contributed by atoms with Gasteiger partial charge in [-0.25, -0.2) is 0 Å². The maximum atomic E-state index is 13.3. The number of rotatable bonds is 3. The molecule has 0 spiro atoms. The van der Waals surface area contributed by atoms with E-state index in [1.807, 2.05) is 34.1 Å². The Kier molecular flexibility index (Phi) is 4.66. The number of ether oxygens (including phenoxy) is 1. The van der Waals surface area contributed by atoms with Gasteiger partial charge in [0.1, 0.15) is 5.75 Å². The van der Waals surface area contributed by atoms with Crippen molar-refractivity contribution < 1.29 is 14.3 Å². The van der Waals surface area contributed by atoms with E-state index >= 15 is 0 Å². The molecule has 0 saturated carbocycles. The number of hydrogen-bond donors (Lipinski definition) is 0. The Morgan fingerprint density at radius 1 is 0.800 bits per heavy atom. The van der Waals surface area contributed by atoms with Crippen LogP contribution in [0.5, 0.6) is 5.75 Å². The van der Waals surface area contributed by atoms with Gasteiger partial charge in [0.25, 0.3) is 11.8 Å². The third-order valence-corrected chi connectivity index (χ3v) is 6.28. The molecule has 0 atom stereocenters. The summed E-state index contributed by atoms with van der Waals surface area (Å²) in [7, 11) is 1.59. The average Bonchev–Trinajstić information content (AvgIpc) is 3.23. The SMILES string of the molecule is COc1cccc(C(=O)N2CCN(C(=O)c3ccc4c5c(cccc35)CC4)CC2)c1. The quantitative estimate of drug-likeness (QED) is 0.676. The van der Waals surface area contributed by atoms with Gasteiger partial charge in [-0.3, -0.25) is 9.59 Å². The van der Waals surface area contributed by atoms with Gasteiger partial charge < -0.3 is 14.5 Å². The summed E-state index contributed by atoms with van der Waals surface area (Å²) < 4.78 is 5.22. The second kappa shape index (κ2) is 7.48.